The minimum absolute atomic E-state index is 0.0463. The summed E-state index contributed by atoms with van der Waals surface area (Å²) in [4.78, 5) is 13.2. The lowest BCUT2D eigenvalue weighted by molar-refractivity contribution is 0.0901. The molecular formula is C18H15NO5S. The van der Waals surface area contributed by atoms with Crippen LogP contribution in [0.3, 0.4) is 0 Å². The van der Waals surface area contributed by atoms with Crippen LogP contribution in [-0.2, 0) is 0 Å². The average Bonchev–Trinajstić information content (AvgIpc) is 3.38. The summed E-state index contributed by atoms with van der Waals surface area (Å²) in [7, 11) is 0. The van der Waals surface area contributed by atoms with E-state index in [9.17, 15) is 9.90 Å². The summed E-state index contributed by atoms with van der Waals surface area (Å²) in [5.41, 5.74) is 0.440. The van der Waals surface area contributed by atoms with Gasteiger partial charge in [-0.1, -0.05) is 6.07 Å². The van der Waals surface area contributed by atoms with Gasteiger partial charge in [0, 0.05) is 5.56 Å². The van der Waals surface area contributed by atoms with Crippen LogP contribution in [0.15, 0.2) is 52.3 Å². The van der Waals surface area contributed by atoms with Gasteiger partial charge in [-0.05, 0) is 41.8 Å². The van der Waals surface area contributed by atoms with E-state index in [1.54, 1.807) is 35.6 Å². The first-order valence-electron chi connectivity index (χ1n) is 7.70. The number of furan rings is 1. The summed E-state index contributed by atoms with van der Waals surface area (Å²) in [5, 5.41) is 14.9. The molecule has 4 rings (SSSR count). The summed E-state index contributed by atoms with van der Waals surface area (Å²) in [5.74, 6) is 1.97. The van der Waals surface area contributed by atoms with Crippen LogP contribution in [0.1, 0.15) is 22.2 Å². The molecule has 1 aliphatic rings. The second kappa shape index (κ2) is 6.62. The van der Waals surface area contributed by atoms with E-state index in [0.717, 1.165) is 4.88 Å². The van der Waals surface area contributed by atoms with Crippen LogP contribution in [0.25, 0.3) is 10.6 Å². The third kappa shape index (κ3) is 3.24. The van der Waals surface area contributed by atoms with Crippen LogP contribution in [0, 0.1) is 0 Å². The van der Waals surface area contributed by atoms with Crippen LogP contribution in [-0.4, -0.2) is 24.4 Å². The zero-order valence-electron chi connectivity index (χ0n) is 13.1. The molecule has 0 aliphatic carbocycles. The van der Waals surface area contributed by atoms with Crippen molar-refractivity contribution in [2.75, 3.05) is 13.3 Å². The molecule has 0 saturated heterocycles. The van der Waals surface area contributed by atoms with Crippen LogP contribution in [0.5, 0.6) is 11.5 Å². The van der Waals surface area contributed by atoms with Gasteiger partial charge in [-0.3, -0.25) is 4.79 Å². The molecule has 1 aliphatic heterocycles. The molecule has 0 spiro atoms. The Kier molecular flexibility index (Phi) is 4.17. The molecule has 1 unspecified atom stereocenters. The third-order valence-electron chi connectivity index (χ3n) is 3.81. The molecule has 1 atom stereocenters. The van der Waals surface area contributed by atoms with Crippen molar-refractivity contribution in [3.8, 4) is 22.1 Å². The minimum Gasteiger partial charge on any atom is -0.457 e. The van der Waals surface area contributed by atoms with Crippen molar-refractivity contribution in [3.63, 3.8) is 0 Å². The number of hydrogen-bond donors (Lipinski definition) is 2. The van der Waals surface area contributed by atoms with Crippen molar-refractivity contribution in [3.05, 3.63) is 59.2 Å². The Morgan fingerprint density at radius 2 is 2.08 bits per heavy atom. The van der Waals surface area contributed by atoms with Gasteiger partial charge in [0.15, 0.2) is 11.5 Å². The van der Waals surface area contributed by atoms with Crippen molar-refractivity contribution in [1.29, 1.82) is 0 Å². The molecule has 1 amide bonds. The van der Waals surface area contributed by atoms with E-state index in [2.05, 4.69) is 5.32 Å². The van der Waals surface area contributed by atoms with E-state index in [0.29, 0.717) is 28.6 Å². The number of fused-ring (bicyclic) bond motifs is 1. The molecule has 128 valence electrons. The molecular weight excluding hydrogens is 342 g/mol. The molecule has 3 aromatic rings. The van der Waals surface area contributed by atoms with Crippen molar-refractivity contribution in [1.82, 2.24) is 5.32 Å². The molecule has 0 radical (unpaired) electrons. The van der Waals surface area contributed by atoms with E-state index in [1.807, 2.05) is 23.6 Å². The predicted octanol–water partition coefficient (Wildman–Crippen LogP) is 3.20. The standard InChI is InChI=1S/C18H15NO5S/c20-12(13-5-6-15(24-13)17-2-1-7-25-17)9-19-18(21)11-3-4-14-16(8-11)23-10-22-14/h1-8,12,20H,9-10H2,(H,19,21). The molecule has 0 saturated carbocycles. The number of ether oxygens (including phenoxy) is 2. The normalized spacial score (nSPS) is 13.6. The molecule has 7 heteroatoms. The summed E-state index contributed by atoms with van der Waals surface area (Å²) < 4.78 is 16.1. The Morgan fingerprint density at radius 3 is 2.92 bits per heavy atom. The molecule has 1 aromatic carbocycles. The minimum atomic E-state index is -0.924. The number of amides is 1. The number of benzene rings is 1. The molecule has 25 heavy (non-hydrogen) atoms. The Bertz CT molecular complexity index is 887. The maximum atomic E-state index is 12.2. The Labute approximate surface area is 147 Å². The van der Waals surface area contributed by atoms with Crippen LogP contribution in [0.2, 0.25) is 0 Å². The lowest BCUT2D eigenvalue weighted by atomic mass is 10.2. The number of carbonyl (C=O) groups is 1. The number of carbonyl (C=O) groups excluding carboxylic acids is 1. The SMILES string of the molecule is O=C(NCC(O)c1ccc(-c2cccs2)o1)c1ccc2c(c1)OCO2. The fourth-order valence-corrected chi connectivity index (χ4v) is 3.20. The summed E-state index contributed by atoms with van der Waals surface area (Å²) in [6.07, 6.45) is -0.924. The average molecular weight is 357 g/mol. The molecule has 2 aromatic heterocycles. The monoisotopic (exact) mass is 357 g/mol. The second-order valence-corrected chi connectivity index (χ2v) is 6.42. The van der Waals surface area contributed by atoms with Gasteiger partial charge in [0.05, 0.1) is 11.4 Å². The number of aliphatic hydroxyl groups excluding tert-OH is 1. The Morgan fingerprint density at radius 1 is 1.20 bits per heavy atom. The fourth-order valence-electron chi connectivity index (χ4n) is 2.51. The number of hydrogen-bond acceptors (Lipinski definition) is 6. The van der Waals surface area contributed by atoms with Gasteiger partial charge < -0.3 is 24.3 Å². The summed E-state index contributed by atoms with van der Waals surface area (Å²) in [6.45, 7) is 0.203. The summed E-state index contributed by atoms with van der Waals surface area (Å²) >= 11 is 1.56. The first kappa shape index (κ1) is 15.7. The number of rotatable bonds is 5. The van der Waals surface area contributed by atoms with E-state index >= 15 is 0 Å². The highest BCUT2D eigenvalue weighted by atomic mass is 32.1. The third-order valence-corrected chi connectivity index (χ3v) is 4.69. The van der Waals surface area contributed by atoms with E-state index in [-0.39, 0.29) is 19.2 Å². The maximum absolute atomic E-state index is 12.2. The van der Waals surface area contributed by atoms with Crippen LogP contribution >= 0.6 is 11.3 Å². The van der Waals surface area contributed by atoms with Crippen molar-refractivity contribution < 1.29 is 23.8 Å². The van der Waals surface area contributed by atoms with Gasteiger partial charge in [-0.15, -0.1) is 11.3 Å². The number of aliphatic hydroxyl groups is 1. The quantitative estimate of drug-likeness (QED) is 0.733. The molecule has 2 N–H and O–H groups in total. The van der Waals surface area contributed by atoms with Gasteiger partial charge in [0.2, 0.25) is 6.79 Å². The van der Waals surface area contributed by atoms with E-state index < -0.39 is 6.10 Å². The predicted molar refractivity (Wildman–Crippen MR) is 91.9 cm³/mol. The van der Waals surface area contributed by atoms with Crippen LogP contribution in [0.4, 0.5) is 0 Å². The Hall–Kier alpha value is -2.77. The first-order chi connectivity index (χ1) is 12.2. The molecule has 6 nitrogen and oxygen atoms in total. The van der Waals surface area contributed by atoms with E-state index in [4.69, 9.17) is 13.9 Å². The molecule has 3 heterocycles. The largest absolute Gasteiger partial charge is 0.457 e. The zero-order valence-corrected chi connectivity index (χ0v) is 13.9. The fraction of sp³-hybridized carbons (Fsp3) is 0.167. The molecule has 0 bridgehead atoms. The lowest BCUT2D eigenvalue weighted by Crippen LogP contribution is -2.28. The van der Waals surface area contributed by atoms with Gasteiger partial charge in [0.25, 0.3) is 5.91 Å². The van der Waals surface area contributed by atoms with Gasteiger partial charge >= 0.3 is 0 Å². The first-order valence-corrected chi connectivity index (χ1v) is 8.58. The van der Waals surface area contributed by atoms with Crippen molar-refractivity contribution in [2.24, 2.45) is 0 Å². The highest BCUT2D eigenvalue weighted by Crippen LogP contribution is 2.32. The topological polar surface area (TPSA) is 80.9 Å². The van der Waals surface area contributed by atoms with Gasteiger partial charge in [0.1, 0.15) is 17.6 Å². The highest BCUT2D eigenvalue weighted by Gasteiger charge is 2.18. The van der Waals surface area contributed by atoms with E-state index in [1.165, 1.54) is 0 Å². The summed E-state index contributed by atoms with van der Waals surface area (Å²) in [6, 6.07) is 12.4. The zero-order chi connectivity index (χ0) is 17.2. The lowest BCUT2D eigenvalue weighted by Gasteiger charge is -2.10. The van der Waals surface area contributed by atoms with Crippen LogP contribution < -0.4 is 14.8 Å². The molecule has 0 fully saturated rings. The second-order valence-electron chi connectivity index (χ2n) is 5.47. The van der Waals surface area contributed by atoms with Gasteiger partial charge in [-0.2, -0.15) is 0 Å². The number of nitrogens with one attached hydrogen (secondary N) is 1. The van der Waals surface area contributed by atoms with Crippen molar-refractivity contribution in [2.45, 2.75) is 6.10 Å². The smallest absolute Gasteiger partial charge is 0.251 e. The van der Waals surface area contributed by atoms with Crippen molar-refractivity contribution >= 4 is 17.2 Å². The highest BCUT2D eigenvalue weighted by molar-refractivity contribution is 7.13. The Balaban J connectivity index is 1.38. The number of thiophene rings is 1. The van der Waals surface area contributed by atoms with Gasteiger partial charge in [-0.25, -0.2) is 0 Å². The maximum Gasteiger partial charge on any atom is 0.251 e.